The molecule has 2 heterocycles. The maximum atomic E-state index is 13.3. The van der Waals surface area contributed by atoms with Gasteiger partial charge < -0.3 is 5.32 Å². The van der Waals surface area contributed by atoms with Crippen molar-refractivity contribution in [3.8, 4) is 0 Å². The molecule has 1 amide bonds. The largest absolute Gasteiger partial charge is 0.323 e. The second kappa shape index (κ2) is 9.77. The highest BCUT2D eigenvalue weighted by Crippen LogP contribution is 2.34. The van der Waals surface area contributed by atoms with Gasteiger partial charge in [-0.2, -0.15) is 0 Å². The summed E-state index contributed by atoms with van der Waals surface area (Å²) in [6, 6.07) is 5.03. The Labute approximate surface area is 198 Å². The van der Waals surface area contributed by atoms with Crippen molar-refractivity contribution in [1.82, 2.24) is 9.55 Å². The number of carbonyl (C=O) groups is 1. The highest BCUT2D eigenvalue weighted by atomic mass is 35.5. The average Bonchev–Trinajstić information content (AvgIpc) is 2.93. The number of anilines is 1. The lowest BCUT2D eigenvalue weighted by molar-refractivity contribution is -0.113. The number of hydrogen-bond acceptors (Lipinski definition) is 5. The molecule has 0 bridgehead atoms. The fraction of sp³-hybridized carbons (Fsp3) is 0.318. The first-order valence-electron chi connectivity index (χ1n) is 10.0. The fourth-order valence-corrected chi connectivity index (χ4v) is 6.32. The van der Waals surface area contributed by atoms with E-state index < -0.39 is 0 Å². The van der Waals surface area contributed by atoms with E-state index in [0.29, 0.717) is 27.4 Å². The lowest BCUT2D eigenvalue weighted by Gasteiger charge is -2.12. The fourth-order valence-electron chi connectivity index (χ4n) is 3.72. The van der Waals surface area contributed by atoms with Gasteiger partial charge in [0.1, 0.15) is 4.83 Å². The molecule has 1 aromatic carbocycles. The molecule has 0 fully saturated rings. The van der Waals surface area contributed by atoms with Crippen LogP contribution in [-0.2, 0) is 24.2 Å². The molecule has 4 rings (SSSR count). The quantitative estimate of drug-likeness (QED) is 0.199. The Morgan fingerprint density at radius 1 is 1.26 bits per heavy atom. The number of hydrogen-bond donors (Lipinski definition) is 1. The molecule has 2 aromatic heterocycles. The van der Waals surface area contributed by atoms with Gasteiger partial charge in [-0.3, -0.25) is 14.2 Å². The van der Waals surface area contributed by atoms with Crippen LogP contribution in [0.3, 0.4) is 0 Å². The van der Waals surface area contributed by atoms with Crippen LogP contribution in [-0.4, -0.2) is 21.2 Å². The summed E-state index contributed by atoms with van der Waals surface area (Å²) >= 11 is 15.1. The summed E-state index contributed by atoms with van der Waals surface area (Å²) < 4.78 is 1.60. The lowest BCUT2D eigenvalue weighted by Crippen LogP contribution is -2.24. The molecule has 162 valence electrons. The van der Waals surface area contributed by atoms with Gasteiger partial charge in [0.05, 0.1) is 26.9 Å². The van der Waals surface area contributed by atoms with Crippen LogP contribution in [0.1, 0.15) is 29.7 Å². The molecule has 0 unspecified atom stereocenters. The molecule has 9 heteroatoms. The molecule has 0 aliphatic heterocycles. The number of amides is 1. The van der Waals surface area contributed by atoms with Crippen LogP contribution in [0.25, 0.3) is 10.2 Å². The van der Waals surface area contributed by atoms with Crippen molar-refractivity contribution in [2.24, 2.45) is 0 Å². The Morgan fingerprint density at radius 3 is 2.74 bits per heavy atom. The zero-order chi connectivity index (χ0) is 22.0. The third kappa shape index (κ3) is 4.70. The number of para-hydroxylation sites is 1. The summed E-state index contributed by atoms with van der Waals surface area (Å²) in [6.07, 6.45) is 7.03. The normalized spacial score (nSPS) is 13.6. The van der Waals surface area contributed by atoms with E-state index in [-0.39, 0.29) is 17.2 Å². The van der Waals surface area contributed by atoms with Crippen molar-refractivity contribution in [3.05, 3.63) is 61.7 Å². The van der Waals surface area contributed by atoms with Gasteiger partial charge in [-0.15, -0.1) is 17.9 Å². The zero-order valence-electron chi connectivity index (χ0n) is 16.7. The first-order chi connectivity index (χ1) is 15.0. The summed E-state index contributed by atoms with van der Waals surface area (Å²) in [5.41, 5.74) is 1.49. The van der Waals surface area contributed by atoms with Crippen LogP contribution in [0, 0.1) is 0 Å². The molecular weight excluding hydrogens is 473 g/mol. The number of carbonyl (C=O) groups excluding carboxylic acids is 1. The van der Waals surface area contributed by atoms with Crippen LogP contribution in [0.4, 0.5) is 5.69 Å². The van der Waals surface area contributed by atoms with E-state index in [1.54, 1.807) is 40.2 Å². The van der Waals surface area contributed by atoms with Gasteiger partial charge in [0.15, 0.2) is 5.16 Å². The van der Waals surface area contributed by atoms with E-state index in [1.165, 1.54) is 23.1 Å². The molecule has 5 nitrogen and oxygen atoms in total. The second-order valence-corrected chi connectivity index (χ2v) is 10.1. The number of benzene rings is 1. The summed E-state index contributed by atoms with van der Waals surface area (Å²) in [5.74, 6) is -0.205. The van der Waals surface area contributed by atoms with Crippen LogP contribution in [0.2, 0.25) is 10.0 Å². The summed E-state index contributed by atoms with van der Waals surface area (Å²) in [5, 5.41) is 4.73. The van der Waals surface area contributed by atoms with E-state index in [9.17, 15) is 9.59 Å². The van der Waals surface area contributed by atoms with E-state index in [0.717, 1.165) is 41.5 Å². The van der Waals surface area contributed by atoms with Gasteiger partial charge in [0.2, 0.25) is 5.91 Å². The Bertz CT molecular complexity index is 1200. The van der Waals surface area contributed by atoms with Gasteiger partial charge >= 0.3 is 0 Å². The number of aromatic nitrogens is 2. The summed E-state index contributed by atoms with van der Waals surface area (Å²) in [4.78, 5) is 32.7. The highest BCUT2D eigenvalue weighted by Gasteiger charge is 2.22. The minimum Gasteiger partial charge on any atom is -0.323 e. The number of fused-ring (bicyclic) bond motifs is 3. The Hall–Kier alpha value is -1.80. The maximum absolute atomic E-state index is 13.3. The first kappa shape index (κ1) is 22.4. The SMILES string of the molecule is C=CCn1c(SCC(=O)Nc2c(Cl)cccc2Cl)nc2sc3c(c2c1=O)CCCCC3. The number of nitrogens with one attached hydrogen (secondary N) is 1. The Kier molecular flexibility index (Phi) is 7.06. The van der Waals surface area contributed by atoms with E-state index in [1.807, 2.05) is 0 Å². The van der Waals surface area contributed by atoms with Crippen molar-refractivity contribution in [2.75, 3.05) is 11.1 Å². The van der Waals surface area contributed by atoms with Crippen LogP contribution < -0.4 is 10.9 Å². The molecule has 1 aliphatic carbocycles. The summed E-state index contributed by atoms with van der Waals surface area (Å²) in [6.45, 7) is 4.12. The van der Waals surface area contributed by atoms with Gasteiger partial charge in [-0.1, -0.05) is 53.5 Å². The number of rotatable bonds is 6. The van der Waals surface area contributed by atoms with Gasteiger partial charge in [-0.25, -0.2) is 4.98 Å². The smallest absolute Gasteiger partial charge is 0.263 e. The van der Waals surface area contributed by atoms with Crippen molar-refractivity contribution >= 4 is 68.1 Å². The number of nitrogens with zero attached hydrogens (tertiary/aromatic N) is 2. The molecule has 3 aromatic rings. The molecule has 0 saturated carbocycles. The average molecular weight is 494 g/mol. The third-order valence-corrected chi connectivity index (χ3v) is 7.95. The number of thiophene rings is 1. The number of halogens is 2. The van der Waals surface area contributed by atoms with Gasteiger partial charge in [0, 0.05) is 11.4 Å². The monoisotopic (exact) mass is 493 g/mol. The minimum absolute atomic E-state index is 0.0543. The Balaban J connectivity index is 1.62. The predicted octanol–water partition coefficient (Wildman–Crippen LogP) is 5.95. The van der Waals surface area contributed by atoms with Gasteiger partial charge in [0.25, 0.3) is 5.56 Å². The highest BCUT2D eigenvalue weighted by molar-refractivity contribution is 7.99. The molecule has 1 N–H and O–H groups in total. The number of allylic oxidation sites excluding steroid dienone is 1. The van der Waals surface area contributed by atoms with Crippen LogP contribution in [0.15, 0.2) is 40.8 Å². The van der Waals surface area contributed by atoms with Crippen molar-refractivity contribution < 1.29 is 4.79 Å². The van der Waals surface area contributed by atoms with Crippen molar-refractivity contribution in [3.63, 3.8) is 0 Å². The maximum Gasteiger partial charge on any atom is 0.263 e. The number of aryl methyl sites for hydroxylation is 2. The molecule has 31 heavy (non-hydrogen) atoms. The zero-order valence-corrected chi connectivity index (χ0v) is 19.9. The van der Waals surface area contributed by atoms with Crippen molar-refractivity contribution in [2.45, 2.75) is 43.8 Å². The van der Waals surface area contributed by atoms with Gasteiger partial charge in [-0.05, 0) is 43.4 Å². The first-order valence-corrected chi connectivity index (χ1v) is 12.6. The molecule has 0 atom stereocenters. The Morgan fingerprint density at radius 2 is 2.00 bits per heavy atom. The molecule has 0 spiro atoms. The summed E-state index contributed by atoms with van der Waals surface area (Å²) in [7, 11) is 0. The van der Waals surface area contributed by atoms with Crippen LogP contribution >= 0.6 is 46.3 Å². The third-order valence-electron chi connectivity index (χ3n) is 5.16. The molecule has 1 aliphatic rings. The van der Waals surface area contributed by atoms with E-state index in [2.05, 4.69) is 11.9 Å². The van der Waals surface area contributed by atoms with E-state index in [4.69, 9.17) is 28.2 Å². The molecular formula is C22H21Cl2N3O2S2. The molecule has 0 radical (unpaired) electrons. The standard InChI is InChI=1S/C22H21Cl2N3O2S2/c1-2-11-27-21(29)18-13-7-4-3-5-10-16(13)31-20(18)26-22(27)30-12-17(28)25-19-14(23)8-6-9-15(19)24/h2,6,8-9H,1,3-5,7,10-12H2,(H,25,28). The predicted molar refractivity (Wildman–Crippen MR) is 131 cm³/mol. The van der Waals surface area contributed by atoms with Crippen molar-refractivity contribution in [1.29, 1.82) is 0 Å². The van der Waals surface area contributed by atoms with E-state index >= 15 is 0 Å². The topological polar surface area (TPSA) is 64.0 Å². The second-order valence-electron chi connectivity index (χ2n) is 7.28. The minimum atomic E-state index is -0.276. The number of thioether (sulfide) groups is 1. The molecule has 0 saturated heterocycles. The lowest BCUT2D eigenvalue weighted by atomic mass is 10.1. The van der Waals surface area contributed by atoms with Crippen LogP contribution in [0.5, 0.6) is 0 Å².